The number of nitrogens with one attached hydrogen (secondary N) is 1. The zero-order valence-electron chi connectivity index (χ0n) is 9.08. The zero-order valence-corrected chi connectivity index (χ0v) is 9.08. The number of rotatable bonds is 0. The summed E-state index contributed by atoms with van der Waals surface area (Å²) in [5, 5.41) is 2.54. The van der Waals surface area contributed by atoms with Crippen LogP contribution in [0.25, 0.3) is 0 Å². The Morgan fingerprint density at radius 3 is 2.88 bits per heavy atom. The zero-order chi connectivity index (χ0) is 11.9. The monoisotopic (exact) mass is 224 g/mol. The summed E-state index contributed by atoms with van der Waals surface area (Å²) in [6.45, 7) is 3.44. The lowest BCUT2D eigenvalue weighted by Gasteiger charge is -2.28. The van der Waals surface area contributed by atoms with E-state index >= 15 is 0 Å². The normalized spacial score (nSPS) is 22.8. The number of ether oxygens (including phenoxy) is 1. The Kier molecular flexibility index (Phi) is 2.35. The van der Waals surface area contributed by atoms with E-state index in [0.717, 1.165) is 0 Å². The molecule has 1 aromatic rings. The fourth-order valence-corrected chi connectivity index (χ4v) is 1.56. The largest absolute Gasteiger partial charge is 0.483 e. The molecule has 4 nitrogen and oxygen atoms in total. The van der Waals surface area contributed by atoms with Crippen molar-refractivity contribution >= 4 is 11.6 Å². The number of nitrogens with two attached hydrogens (primary N) is 1. The van der Waals surface area contributed by atoms with Crippen LogP contribution >= 0.6 is 0 Å². The molecule has 0 saturated heterocycles. The van der Waals surface area contributed by atoms with E-state index in [0.29, 0.717) is 11.4 Å². The van der Waals surface area contributed by atoms with Crippen LogP contribution in [0.1, 0.15) is 13.8 Å². The van der Waals surface area contributed by atoms with Crippen molar-refractivity contribution in [1.82, 2.24) is 0 Å². The van der Waals surface area contributed by atoms with E-state index in [9.17, 15) is 9.18 Å². The molecule has 1 heterocycles. The molecule has 0 unspecified atom stereocenters. The van der Waals surface area contributed by atoms with Crippen LogP contribution in [0.4, 0.5) is 10.1 Å². The summed E-state index contributed by atoms with van der Waals surface area (Å²) in [5.74, 6) is -0.391. The number of anilines is 1. The molecule has 0 fully saturated rings. The third kappa shape index (κ3) is 1.74. The second-order valence-corrected chi connectivity index (χ2v) is 4.31. The molecule has 86 valence electrons. The summed E-state index contributed by atoms with van der Waals surface area (Å²) < 4.78 is 18.6. The Hall–Kier alpha value is -1.62. The predicted octanol–water partition coefficient (Wildman–Crippen LogP) is 1.26. The molecular weight excluding hydrogens is 211 g/mol. The molecule has 0 saturated carbocycles. The molecular formula is C11H13FN2O2. The first-order valence-corrected chi connectivity index (χ1v) is 4.95. The summed E-state index contributed by atoms with van der Waals surface area (Å²) in [6, 6.07) is 3.16. The van der Waals surface area contributed by atoms with Gasteiger partial charge in [-0.3, -0.25) is 4.79 Å². The van der Waals surface area contributed by atoms with Crippen LogP contribution in [0.2, 0.25) is 0 Å². The Morgan fingerprint density at radius 2 is 2.19 bits per heavy atom. The standard InChI is InChI=1S/C11H13FN2O2/c1-11(2)9(13)10(15)14-7-5-6(12)3-4-8(7)16-11/h3-5,9H,13H2,1-2H3,(H,14,15)/t9-/m1/s1. The molecule has 16 heavy (non-hydrogen) atoms. The van der Waals surface area contributed by atoms with Gasteiger partial charge in [0.15, 0.2) is 0 Å². The van der Waals surface area contributed by atoms with Crippen molar-refractivity contribution in [3.05, 3.63) is 24.0 Å². The minimum Gasteiger partial charge on any atom is -0.483 e. The molecule has 0 radical (unpaired) electrons. The van der Waals surface area contributed by atoms with Gasteiger partial charge in [-0.25, -0.2) is 4.39 Å². The maximum atomic E-state index is 13.0. The van der Waals surface area contributed by atoms with Gasteiger partial charge in [-0.15, -0.1) is 0 Å². The highest BCUT2D eigenvalue weighted by molar-refractivity contribution is 5.97. The van der Waals surface area contributed by atoms with E-state index in [1.807, 2.05) is 0 Å². The third-order valence-electron chi connectivity index (χ3n) is 2.60. The lowest BCUT2D eigenvalue weighted by molar-refractivity contribution is -0.120. The van der Waals surface area contributed by atoms with E-state index in [1.165, 1.54) is 18.2 Å². The fourth-order valence-electron chi connectivity index (χ4n) is 1.56. The van der Waals surface area contributed by atoms with Crippen LogP contribution in [0, 0.1) is 5.82 Å². The number of carbonyl (C=O) groups is 1. The molecule has 1 amide bonds. The summed E-state index contributed by atoms with van der Waals surface area (Å²) in [4.78, 5) is 11.7. The molecule has 0 spiro atoms. The first-order valence-electron chi connectivity index (χ1n) is 4.95. The molecule has 1 aromatic carbocycles. The van der Waals surface area contributed by atoms with Gasteiger partial charge in [-0.2, -0.15) is 0 Å². The number of hydrogen-bond acceptors (Lipinski definition) is 3. The Labute approximate surface area is 92.6 Å². The van der Waals surface area contributed by atoms with Crippen LogP contribution in [0.5, 0.6) is 5.75 Å². The van der Waals surface area contributed by atoms with Crippen LogP contribution in [0.15, 0.2) is 18.2 Å². The van der Waals surface area contributed by atoms with Gasteiger partial charge in [-0.1, -0.05) is 0 Å². The number of hydrogen-bond donors (Lipinski definition) is 2. The van der Waals surface area contributed by atoms with Crippen LogP contribution in [-0.2, 0) is 4.79 Å². The maximum absolute atomic E-state index is 13.0. The van der Waals surface area contributed by atoms with Gasteiger partial charge in [0, 0.05) is 6.07 Å². The summed E-state index contributed by atoms with van der Waals surface area (Å²) in [5.41, 5.74) is 5.23. The molecule has 1 atom stereocenters. The molecule has 3 N–H and O–H groups in total. The Balaban J connectivity index is 2.48. The Morgan fingerprint density at radius 1 is 1.50 bits per heavy atom. The van der Waals surface area contributed by atoms with E-state index in [4.69, 9.17) is 10.5 Å². The molecule has 0 aromatic heterocycles. The SMILES string of the molecule is CC1(C)Oc2ccc(F)cc2NC(=O)[C@H]1N. The minimum atomic E-state index is -0.826. The predicted molar refractivity (Wildman–Crippen MR) is 57.7 cm³/mol. The van der Waals surface area contributed by atoms with Crippen LogP contribution in [0.3, 0.4) is 0 Å². The molecule has 0 bridgehead atoms. The highest BCUT2D eigenvalue weighted by Crippen LogP contribution is 2.32. The first kappa shape index (κ1) is 10.9. The number of halogens is 1. The smallest absolute Gasteiger partial charge is 0.245 e. The van der Waals surface area contributed by atoms with Gasteiger partial charge < -0.3 is 15.8 Å². The summed E-state index contributed by atoms with van der Waals surface area (Å²) in [6.07, 6.45) is 0. The van der Waals surface area contributed by atoms with Gasteiger partial charge in [0.25, 0.3) is 0 Å². The second-order valence-electron chi connectivity index (χ2n) is 4.31. The van der Waals surface area contributed by atoms with Gasteiger partial charge in [0.05, 0.1) is 5.69 Å². The lowest BCUT2D eigenvalue weighted by Crippen LogP contribution is -2.53. The van der Waals surface area contributed by atoms with E-state index in [-0.39, 0.29) is 5.91 Å². The van der Waals surface area contributed by atoms with Crippen molar-refractivity contribution < 1.29 is 13.9 Å². The second kappa shape index (κ2) is 3.45. The van der Waals surface area contributed by atoms with Crippen molar-refractivity contribution in [2.75, 3.05) is 5.32 Å². The number of carbonyl (C=O) groups excluding carboxylic acids is 1. The lowest BCUT2D eigenvalue weighted by atomic mass is 9.99. The average molecular weight is 224 g/mol. The number of fused-ring (bicyclic) bond motifs is 1. The van der Waals surface area contributed by atoms with Gasteiger partial charge >= 0.3 is 0 Å². The third-order valence-corrected chi connectivity index (χ3v) is 2.60. The van der Waals surface area contributed by atoms with Crippen molar-refractivity contribution in [2.45, 2.75) is 25.5 Å². The number of amides is 1. The average Bonchev–Trinajstić information content (AvgIpc) is 2.27. The highest BCUT2D eigenvalue weighted by Gasteiger charge is 2.37. The maximum Gasteiger partial charge on any atom is 0.245 e. The quantitative estimate of drug-likeness (QED) is 0.697. The topological polar surface area (TPSA) is 64.3 Å². The molecule has 1 aliphatic rings. The highest BCUT2D eigenvalue weighted by atomic mass is 19.1. The summed E-state index contributed by atoms with van der Waals surface area (Å²) in [7, 11) is 0. The molecule has 2 rings (SSSR count). The summed E-state index contributed by atoms with van der Waals surface area (Å²) >= 11 is 0. The van der Waals surface area contributed by atoms with Gasteiger partial charge in [-0.05, 0) is 26.0 Å². The van der Waals surface area contributed by atoms with E-state index < -0.39 is 17.5 Å². The van der Waals surface area contributed by atoms with Gasteiger partial charge in [0.1, 0.15) is 23.2 Å². The molecule has 0 aliphatic carbocycles. The fraction of sp³-hybridized carbons (Fsp3) is 0.364. The number of benzene rings is 1. The van der Waals surface area contributed by atoms with Crippen molar-refractivity contribution in [2.24, 2.45) is 5.73 Å². The van der Waals surface area contributed by atoms with Crippen LogP contribution in [-0.4, -0.2) is 17.6 Å². The van der Waals surface area contributed by atoms with Crippen molar-refractivity contribution in [1.29, 1.82) is 0 Å². The molecule has 1 aliphatic heterocycles. The first-order chi connectivity index (χ1) is 7.40. The van der Waals surface area contributed by atoms with Crippen molar-refractivity contribution in [3.8, 4) is 5.75 Å². The minimum absolute atomic E-state index is 0.311. The van der Waals surface area contributed by atoms with Gasteiger partial charge in [0.2, 0.25) is 5.91 Å². The van der Waals surface area contributed by atoms with Crippen molar-refractivity contribution in [3.63, 3.8) is 0 Å². The Bertz CT molecular complexity index is 446. The molecule has 5 heteroatoms. The van der Waals surface area contributed by atoms with E-state index in [2.05, 4.69) is 5.32 Å². The van der Waals surface area contributed by atoms with Crippen LogP contribution < -0.4 is 15.8 Å². The van der Waals surface area contributed by atoms with E-state index in [1.54, 1.807) is 13.8 Å².